The van der Waals surface area contributed by atoms with Gasteiger partial charge in [-0.05, 0) is 13.0 Å². The van der Waals surface area contributed by atoms with Crippen LogP contribution in [0.3, 0.4) is 0 Å². The van der Waals surface area contributed by atoms with Gasteiger partial charge in [0.2, 0.25) is 5.56 Å². The van der Waals surface area contributed by atoms with Crippen molar-refractivity contribution in [3.05, 3.63) is 51.5 Å². The number of hydrogen-bond acceptors (Lipinski definition) is 2. The maximum atomic E-state index is 14.3. The number of nitrogens with zero attached hydrogens (tertiary/aromatic N) is 1. The molecule has 1 aromatic carbocycles. The summed E-state index contributed by atoms with van der Waals surface area (Å²) in [6, 6.07) is 7.57. The maximum absolute atomic E-state index is 14.3. The zero-order valence-corrected chi connectivity index (χ0v) is 16.7. The molecular formula is C17H12ClF3NO2Y-. The van der Waals surface area contributed by atoms with E-state index in [1.807, 2.05) is 0 Å². The molecule has 25 heavy (non-hydrogen) atoms. The van der Waals surface area contributed by atoms with Crippen molar-refractivity contribution >= 4 is 11.6 Å². The van der Waals surface area contributed by atoms with Crippen LogP contribution in [0.2, 0.25) is 5.02 Å². The largest absolute Gasteiger partial charge is 0.481 e. The van der Waals surface area contributed by atoms with Gasteiger partial charge in [-0.15, -0.1) is 12.0 Å². The summed E-state index contributed by atoms with van der Waals surface area (Å²) in [5.41, 5.74) is -0.996. The van der Waals surface area contributed by atoms with Crippen LogP contribution in [0.5, 0.6) is 5.75 Å². The van der Waals surface area contributed by atoms with Gasteiger partial charge in [0.15, 0.2) is 0 Å². The minimum Gasteiger partial charge on any atom is -0.481 e. The molecule has 1 radical (unpaired) electrons. The minimum absolute atomic E-state index is 0. The molecule has 0 unspecified atom stereocenters. The van der Waals surface area contributed by atoms with E-state index < -0.39 is 24.3 Å². The van der Waals surface area contributed by atoms with Crippen molar-refractivity contribution in [2.75, 3.05) is 6.61 Å². The second kappa shape index (κ2) is 10.0. The van der Waals surface area contributed by atoms with Crippen LogP contribution in [-0.4, -0.2) is 17.6 Å². The zero-order valence-electron chi connectivity index (χ0n) is 13.2. The second-order valence-electron chi connectivity index (χ2n) is 4.65. The van der Waals surface area contributed by atoms with Crippen LogP contribution in [-0.2, 0) is 39.3 Å². The summed E-state index contributed by atoms with van der Waals surface area (Å²) >= 11 is 5.66. The topological polar surface area (TPSA) is 31.2 Å². The van der Waals surface area contributed by atoms with E-state index in [0.717, 1.165) is 12.1 Å². The molecule has 0 aliphatic rings. The fraction of sp³-hybridized carbons (Fsp3) is 0.235. The number of hydrogen-bond donors (Lipinski definition) is 0. The van der Waals surface area contributed by atoms with Crippen molar-refractivity contribution in [3.8, 4) is 28.8 Å². The van der Waals surface area contributed by atoms with E-state index in [2.05, 4.69) is 17.9 Å². The summed E-state index contributed by atoms with van der Waals surface area (Å²) in [7, 11) is 0. The predicted octanol–water partition coefficient (Wildman–Crippen LogP) is 3.77. The average molecular weight is 444 g/mol. The molecule has 0 aliphatic carbocycles. The molecule has 0 spiro atoms. The van der Waals surface area contributed by atoms with Crippen LogP contribution >= 0.6 is 11.6 Å². The zero-order chi connectivity index (χ0) is 17.7. The minimum atomic E-state index is -2.80. The Morgan fingerprint density at radius 2 is 2.12 bits per heavy atom. The van der Waals surface area contributed by atoms with Gasteiger partial charge in [-0.3, -0.25) is 4.79 Å². The van der Waals surface area contributed by atoms with Crippen molar-refractivity contribution in [1.82, 2.24) is 4.57 Å². The number of ether oxygens (including phenoxy) is 1. The smallest absolute Gasteiger partial charge is 0.256 e. The van der Waals surface area contributed by atoms with E-state index in [1.165, 1.54) is 12.1 Å². The first-order chi connectivity index (χ1) is 11.4. The summed E-state index contributed by atoms with van der Waals surface area (Å²) < 4.78 is 45.7. The first-order valence-corrected chi connectivity index (χ1v) is 7.23. The van der Waals surface area contributed by atoms with E-state index in [0.29, 0.717) is 4.57 Å². The first-order valence-electron chi connectivity index (χ1n) is 6.85. The van der Waals surface area contributed by atoms with Crippen molar-refractivity contribution in [1.29, 1.82) is 0 Å². The molecule has 0 atom stereocenters. The van der Waals surface area contributed by atoms with Crippen LogP contribution in [0.25, 0.3) is 11.3 Å². The summed E-state index contributed by atoms with van der Waals surface area (Å²) in [5.74, 6) is 4.79. The van der Waals surface area contributed by atoms with Crippen LogP contribution < -0.4 is 10.3 Å². The molecule has 0 aliphatic heterocycles. The van der Waals surface area contributed by atoms with Crippen LogP contribution in [0.4, 0.5) is 13.2 Å². The van der Waals surface area contributed by atoms with Crippen molar-refractivity contribution < 1.29 is 50.6 Å². The van der Waals surface area contributed by atoms with Crippen molar-refractivity contribution in [2.24, 2.45) is 0 Å². The van der Waals surface area contributed by atoms with Gasteiger partial charge in [0.1, 0.15) is 12.4 Å². The molecule has 2 aromatic rings. The molecule has 3 nitrogen and oxygen atoms in total. The normalized spacial score (nSPS) is 10.0. The summed E-state index contributed by atoms with van der Waals surface area (Å²) in [5, 5.41) is -0.266. The maximum Gasteiger partial charge on any atom is 0.256 e. The molecule has 0 amide bonds. The SMILES string of the molecule is CC#CCOc1ccc(-c2[c-]cc(Cl)c(=O)n2CC(F)F)c(F)c1.[Y]. The Balaban J connectivity index is 0.00000312. The molecule has 0 saturated heterocycles. The van der Waals surface area contributed by atoms with Crippen molar-refractivity contribution in [3.63, 3.8) is 0 Å². The van der Waals surface area contributed by atoms with Crippen LogP contribution in [0.15, 0.2) is 29.1 Å². The van der Waals surface area contributed by atoms with E-state index >= 15 is 0 Å². The van der Waals surface area contributed by atoms with E-state index in [9.17, 15) is 18.0 Å². The summed E-state index contributed by atoms with van der Waals surface area (Å²) in [6.07, 6.45) is -2.80. The van der Waals surface area contributed by atoms with Crippen LogP contribution in [0, 0.1) is 23.7 Å². The fourth-order valence-electron chi connectivity index (χ4n) is 2.01. The molecule has 2 rings (SSSR count). The number of halogens is 4. The number of rotatable bonds is 5. The molecule has 0 N–H and O–H groups in total. The number of benzene rings is 1. The summed E-state index contributed by atoms with van der Waals surface area (Å²) in [6.45, 7) is 0.832. The molecule has 1 heterocycles. The van der Waals surface area contributed by atoms with Gasteiger partial charge >= 0.3 is 0 Å². The van der Waals surface area contributed by atoms with Gasteiger partial charge in [-0.25, -0.2) is 13.2 Å². The standard InChI is InChI=1S/C17H12ClF3NO2.Y/c1-2-3-8-24-11-4-5-12(14(19)9-11)15-7-6-13(18)17(23)22(15)10-16(20)21;/h4-6,9,16H,8,10H2,1H3;/q-1;. The van der Waals surface area contributed by atoms with E-state index in [1.54, 1.807) is 6.92 Å². The fourth-order valence-corrected chi connectivity index (χ4v) is 2.16. The number of alkyl halides is 2. The molecule has 1 aromatic heterocycles. The van der Waals surface area contributed by atoms with Gasteiger partial charge in [0.25, 0.3) is 6.43 Å². The molecule has 0 bridgehead atoms. The number of pyridine rings is 1. The molecule has 0 saturated carbocycles. The second-order valence-corrected chi connectivity index (χ2v) is 5.06. The third kappa shape index (κ3) is 5.60. The van der Waals surface area contributed by atoms with Crippen LogP contribution in [0.1, 0.15) is 6.92 Å². The van der Waals surface area contributed by atoms with E-state index in [-0.39, 0.29) is 61.3 Å². The third-order valence-electron chi connectivity index (χ3n) is 3.06. The molecule has 0 fully saturated rings. The third-order valence-corrected chi connectivity index (χ3v) is 3.33. The first kappa shape index (κ1) is 21.8. The van der Waals surface area contributed by atoms with Gasteiger partial charge in [-0.2, -0.15) is 23.7 Å². The Hall–Kier alpha value is -1.29. The van der Waals surface area contributed by atoms with Gasteiger partial charge in [0, 0.05) is 43.8 Å². The van der Waals surface area contributed by atoms with E-state index in [4.69, 9.17) is 16.3 Å². The van der Waals surface area contributed by atoms with Gasteiger partial charge in [0.05, 0.1) is 12.4 Å². The number of aromatic nitrogens is 1. The Morgan fingerprint density at radius 1 is 1.40 bits per heavy atom. The van der Waals surface area contributed by atoms with Gasteiger partial charge < -0.3 is 9.30 Å². The van der Waals surface area contributed by atoms with Crippen molar-refractivity contribution in [2.45, 2.75) is 19.9 Å². The molecular weight excluding hydrogens is 432 g/mol. The predicted molar refractivity (Wildman–Crippen MR) is 84.9 cm³/mol. The van der Waals surface area contributed by atoms with Gasteiger partial charge in [-0.1, -0.05) is 17.2 Å². The Morgan fingerprint density at radius 3 is 2.72 bits per heavy atom. The summed E-state index contributed by atoms with van der Waals surface area (Å²) in [4.78, 5) is 12.0. The Bertz CT molecular complexity index is 859. The molecule has 8 heteroatoms. The Labute approximate surface area is 173 Å². The Kier molecular flexibility index (Phi) is 8.71. The monoisotopic (exact) mass is 443 g/mol. The molecule has 129 valence electrons. The average Bonchev–Trinajstić information content (AvgIpc) is 2.53. The quantitative estimate of drug-likeness (QED) is 0.520.